The van der Waals surface area contributed by atoms with Gasteiger partial charge in [0.25, 0.3) is 0 Å². The van der Waals surface area contributed by atoms with Crippen LogP contribution in [0.5, 0.6) is 0 Å². The highest BCUT2D eigenvalue weighted by molar-refractivity contribution is 5.73. The van der Waals surface area contributed by atoms with Gasteiger partial charge in [0.1, 0.15) is 0 Å². The monoisotopic (exact) mass is 330 g/mol. The van der Waals surface area contributed by atoms with Gasteiger partial charge in [-0.1, -0.05) is 18.6 Å². The molecule has 2 N–H and O–H groups in total. The first-order valence-corrected chi connectivity index (χ1v) is 7.60. The van der Waals surface area contributed by atoms with Crippen LogP contribution in [0.15, 0.2) is 24.3 Å². The number of nitrogens with one attached hydrogen (secondary N) is 1. The van der Waals surface area contributed by atoms with Crippen molar-refractivity contribution < 1.29 is 23.1 Å². The van der Waals surface area contributed by atoms with Crippen molar-refractivity contribution in [3.05, 3.63) is 35.4 Å². The molecule has 0 aliphatic heterocycles. The molecule has 0 heterocycles. The van der Waals surface area contributed by atoms with Crippen LogP contribution in [-0.4, -0.2) is 35.7 Å². The second kappa shape index (κ2) is 7.21. The number of rotatable bonds is 4. The van der Waals surface area contributed by atoms with Crippen molar-refractivity contribution in [2.45, 2.75) is 38.1 Å². The van der Waals surface area contributed by atoms with E-state index in [2.05, 4.69) is 5.32 Å². The maximum atomic E-state index is 12.6. The van der Waals surface area contributed by atoms with E-state index in [4.69, 9.17) is 0 Å². The Labute approximate surface area is 133 Å². The Bertz CT molecular complexity index is 548. The quantitative estimate of drug-likeness (QED) is 0.892. The Morgan fingerprint density at radius 3 is 2.74 bits per heavy atom. The molecule has 1 fully saturated rings. The topological polar surface area (TPSA) is 52.6 Å². The van der Waals surface area contributed by atoms with Crippen molar-refractivity contribution in [3.63, 3.8) is 0 Å². The van der Waals surface area contributed by atoms with Crippen molar-refractivity contribution in [1.29, 1.82) is 0 Å². The predicted molar refractivity (Wildman–Crippen MR) is 79.7 cm³/mol. The Morgan fingerprint density at radius 1 is 1.39 bits per heavy atom. The molecule has 128 valence electrons. The molecular formula is C16H21F3N2O2. The van der Waals surface area contributed by atoms with Crippen molar-refractivity contribution in [1.82, 2.24) is 10.2 Å². The lowest BCUT2D eigenvalue weighted by atomic mass is 10.1. The van der Waals surface area contributed by atoms with Crippen molar-refractivity contribution in [2.24, 2.45) is 5.92 Å². The molecule has 2 unspecified atom stereocenters. The van der Waals surface area contributed by atoms with Crippen molar-refractivity contribution in [2.75, 3.05) is 13.6 Å². The molecule has 2 rings (SSSR count). The normalized spacial score (nSPS) is 21.3. The standard InChI is InChI=1S/C16H21F3N2O2/c1-21(10-12-5-3-7-14(12)22)15(23)20-9-11-4-2-6-13(8-11)16(17,18)19/h2,4,6,8,12,14,22H,3,5,7,9-10H2,1H3,(H,20,23). The molecule has 1 aromatic carbocycles. The number of nitrogens with zero attached hydrogens (tertiary/aromatic N) is 1. The number of carbonyl (C=O) groups is 1. The summed E-state index contributed by atoms with van der Waals surface area (Å²) in [5.41, 5.74) is -0.339. The van der Waals surface area contributed by atoms with Crippen LogP contribution in [0.4, 0.5) is 18.0 Å². The van der Waals surface area contributed by atoms with E-state index in [0.29, 0.717) is 12.1 Å². The number of aliphatic hydroxyl groups excluding tert-OH is 1. The smallest absolute Gasteiger partial charge is 0.393 e. The zero-order chi connectivity index (χ0) is 17.0. The Kier molecular flexibility index (Phi) is 5.51. The van der Waals surface area contributed by atoms with Crippen LogP contribution in [0.2, 0.25) is 0 Å². The van der Waals surface area contributed by atoms with E-state index in [0.717, 1.165) is 31.4 Å². The molecule has 2 amide bonds. The predicted octanol–water partition coefficient (Wildman–Crippen LogP) is 3.01. The molecule has 0 bridgehead atoms. The van der Waals surface area contributed by atoms with Crippen LogP contribution in [0.3, 0.4) is 0 Å². The second-order valence-electron chi connectivity index (χ2n) is 6.00. The molecule has 7 heteroatoms. The molecule has 23 heavy (non-hydrogen) atoms. The van der Waals surface area contributed by atoms with Crippen LogP contribution < -0.4 is 5.32 Å². The highest BCUT2D eigenvalue weighted by Gasteiger charge is 2.30. The Balaban J connectivity index is 1.86. The fraction of sp³-hybridized carbons (Fsp3) is 0.562. The summed E-state index contributed by atoms with van der Waals surface area (Å²) in [6.07, 6.45) is -2.19. The molecule has 1 aromatic rings. The van der Waals surface area contributed by atoms with Gasteiger partial charge in [-0.3, -0.25) is 0 Å². The fourth-order valence-corrected chi connectivity index (χ4v) is 2.84. The summed E-state index contributed by atoms with van der Waals surface area (Å²) in [7, 11) is 1.62. The van der Waals surface area contributed by atoms with Crippen LogP contribution in [-0.2, 0) is 12.7 Å². The zero-order valence-corrected chi connectivity index (χ0v) is 12.9. The van der Waals surface area contributed by atoms with Gasteiger partial charge in [0.2, 0.25) is 0 Å². The summed E-state index contributed by atoms with van der Waals surface area (Å²) in [5.74, 6) is 0.0688. The van der Waals surface area contributed by atoms with Crippen molar-refractivity contribution >= 4 is 6.03 Å². The first-order chi connectivity index (χ1) is 10.8. The zero-order valence-electron chi connectivity index (χ0n) is 12.9. The van der Waals surface area contributed by atoms with Gasteiger partial charge in [0.05, 0.1) is 11.7 Å². The number of hydrogen-bond acceptors (Lipinski definition) is 2. The van der Waals surface area contributed by atoms with Crippen LogP contribution in [0.1, 0.15) is 30.4 Å². The summed E-state index contributed by atoms with van der Waals surface area (Å²) >= 11 is 0. The number of aliphatic hydroxyl groups is 1. The van der Waals surface area contributed by atoms with Gasteiger partial charge in [-0.2, -0.15) is 13.2 Å². The summed E-state index contributed by atoms with van der Waals surface area (Å²) in [6, 6.07) is 4.53. The summed E-state index contributed by atoms with van der Waals surface area (Å²) in [5, 5.41) is 12.4. The number of halogens is 3. The third-order valence-corrected chi connectivity index (χ3v) is 4.17. The molecule has 0 radical (unpaired) electrons. The fourth-order valence-electron chi connectivity index (χ4n) is 2.84. The van der Waals surface area contributed by atoms with Crippen LogP contribution >= 0.6 is 0 Å². The average Bonchev–Trinajstić information content (AvgIpc) is 2.89. The molecule has 0 saturated heterocycles. The largest absolute Gasteiger partial charge is 0.416 e. The number of urea groups is 1. The van der Waals surface area contributed by atoms with Gasteiger partial charge in [-0.05, 0) is 30.5 Å². The van der Waals surface area contributed by atoms with Crippen molar-refractivity contribution in [3.8, 4) is 0 Å². The Hall–Kier alpha value is -1.76. The van der Waals surface area contributed by atoms with Crippen LogP contribution in [0.25, 0.3) is 0 Å². The minimum Gasteiger partial charge on any atom is -0.393 e. The Morgan fingerprint density at radius 2 is 2.13 bits per heavy atom. The van der Waals surface area contributed by atoms with E-state index >= 15 is 0 Å². The molecule has 4 nitrogen and oxygen atoms in total. The highest BCUT2D eigenvalue weighted by atomic mass is 19.4. The minimum atomic E-state index is -4.39. The lowest BCUT2D eigenvalue weighted by molar-refractivity contribution is -0.137. The van der Waals surface area contributed by atoms with E-state index < -0.39 is 11.7 Å². The first kappa shape index (κ1) is 17.6. The lowest BCUT2D eigenvalue weighted by Crippen LogP contribution is -2.40. The summed E-state index contributed by atoms with van der Waals surface area (Å²) < 4.78 is 37.9. The maximum Gasteiger partial charge on any atom is 0.416 e. The van der Waals surface area contributed by atoms with E-state index in [9.17, 15) is 23.1 Å². The lowest BCUT2D eigenvalue weighted by Gasteiger charge is -2.23. The highest BCUT2D eigenvalue weighted by Crippen LogP contribution is 2.29. The second-order valence-corrected chi connectivity index (χ2v) is 6.00. The first-order valence-electron chi connectivity index (χ1n) is 7.60. The summed E-state index contributed by atoms with van der Waals surface area (Å²) in [4.78, 5) is 13.5. The van der Waals surface area contributed by atoms with Gasteiger partial charge in [-0.25, -0.2) is 4.79 Å². The van der Waals surface area contributed by atoms with Gasteiger partial charge in [0.15, 0.2) is 0 Å². The minimum absolute atomic E-state index is 0.0281. The van der Waals surface area contributed by atoms with E-state index in [1.165, 1.54) is 17.0 Å². The molecule has 2 atom stereocenters. The van der Waals surface area contributed by atoms with Crippen LogP contribution in [0, 0.1) is 5.92 Å². The van der Waals surface area contributed by atoms with Gasteiger partial charge >= 0.3 is 12.2 Å². The molecule has 0 aromatic heterocycles. The SMILES string of the molecule is CN(CC1CCCC1O)C(=O)NCc1cccc(C(F)(F)F)c1. The van der Waals surface area contributed by atoms with Gasteiger partial charge in [-0.15, -0.1) is 0 Å². The molecule has 1 aliphatic rings. The van der Waals surface area contributed by atoms with Gasteiger partial charge in [0, 0.05) is 26.1 Å². The van der Waals surface area contributed by atoms with E-state index in [-0.39, 0.29) is 24.6 Å². The summed E-state index contributed by atoms with van der Waals surface area (Å²) in [6.45, 7) is 0.468. The number of alkyl halides is 3. The number of carbonyl (C=O) groups excluding carboxylic acids is 1. The van der Waals surface area contributed by atoms with E-state index in [1.807, 2.05) is 0 Å². The number of benzene rings is 1. The molecule has 1 saturated carbocycles. The average molecular weight is 330 g/mol. The molecule has 0 spiro atoms. The molecular weight excluding hydrogens is 309 g/mol. The maximum absolute atomic E-state index is 12.6. The third kappa shape index (κ3) is 4.86. The van der Waals surface area contributed by atoms with E-state index in [1.54, 1.807) is 7.05 Å². The van der Waals surface area contributed by atoms with Gasteiger partial charge < -0.3 is 15.3 Å². The molecule has 1 aliphatic carbocycles. The number of amides is 2. The third-order valence-electron chi connectivity index (χ3n) is 4.17. The number of hydrogen-bond donors (Lipinski definition) is 2.